The number of aliphatic hydroxyl groups is 1. The first-order chi connectivity index (χ1) is 23.0. The van der Waals surface area contributed by atoms with E-state index in [1.165, 1.54) is 5.57 Å². The third-order valence-electron chi connectivity index (χ3n) is 10.4. The van der Waals surface area contributed by atoms with Crippen molar-refractivity contribution in [2.75, 3.05) is 32.8 Å². The number of carbonyl (C=O) groups is 4. The van der Waals surface area contributed by atoms with Crippen LogP contribution >= 0.6 is 0 Å². The van der Waals surface area contributed by atoms with E-state index in [4.69, 9.17) is 4.74 Å². The molecular formula is C39H49N3O7. The SMILES string of the molecule is CC(C)(C)OC(=O)N[C@H](CO)C(=O)N1CCC(C(=O)N2CC=C3C(C)(C)C(c4ccc(C(=O)O)cc4)=CC[C@]3(C)C2)(c2ccccc2)CC1. The summed E-state index contributed by atoms with van der Waals surface area (Å²) >= 11 is 0. The first kappa shape index (κ1) is 35.9. The van der Waals surface area contributed by atoms with Crippen molar-refractivity contribution < 1.29 is 34.1 Å². The van der Waals surface area contributed by atoms with Gasteiger partial charge in [0.2, 0.25) is 11.8 Å². The minimum absolute atomic E-state index is 0.0322. The maximum Gasteiger partial charge on any atom is 0.408 e. The van der Waals surface area contributed by atoms with Crippen LogP contribution < -0.4 is 5.32 Å². The number of hydrogen-bond donors (Lipinski definition) is 3. The molecule has 2 aromatic carbocycles. The number of fused-ring (bicyclic) bond motifs is 1. The quantitative estimate of drug-likeness (QED) is 0.335. The van der Waals surface area contributed by atoms with E-state index in [0.29, 0.717) is 25.9 Å². The van der Waals surface area contributed by atoms with Gasteiger partial charge in [0.1, 0.15) is 11.6 Å². The third kappa shape index (κ3) is 7.15. The van der Waals surface area contributed by atoms with Crippen LogP contribution in [0.2, 0.25) is 0 Å². The standard InChI is InChI=1S/C39H49N3O7/c1-36(2,3)49-35(48)40-30(24-43)32(44)41-22-19-39(20-23-41,28-10-8-7-9-11-28)34(47)42-21-17-31-37(4,5)29(16-18-38(31,6)25-42)26-12-14-27(15-13-26)33(45)46/h7-17,30,43H,18-25H2,1-6H3,(H,40,48)(H,45,46)/t30-,38-/m1/s1. The maximum absolute atomic E-state index is 14.8. The number of alkyl carbamates (subject to hydrolysis) is 1. The largest absolute Gasteiger partial charge is 0.478 e. The first-order valence-electron chi connectivity index (χ1n) is 17.0. The van der Waals surface area contributed by atoms with Crippen LogP contribution in [0.1, 0.15) is 82.3 Å². The smallest absolute Gasteiger partial charge is 0.408 e. The molecule has 3 amide bonds. The van der Waals surface area contributed by atoms with Gasteiger partial charge in [-0.25, -0.2) is 9.59 Å². The van der Waals surface area contributed by atoms with E-state index in [2.05, 4.69) is 38.2 Å². The highest BCUT2D eigenvalue weighted by Gasteiger charge is 2.51. The van der Waals surface area contributed by atoms with Crippen LogP contribution in [0.15, 0.2) is 72.3 Å². The normalized spacial score (nSPS) is 22.2. The van der Waals surface area contributed by atoms with E-state index < -0.39 is 41.6 Å². The predicted octanol–water partition coefficient (Wildman–Crippen LogP) is 5.42. The van der Waals surface area contributed by atoms with Gasteiger partial charge in [-0.1, -0.05) is 81.0 Å². The molecule has 0 radical (unpaired) electrons. The number of hydrogen-bond acceptors (Lipinski definition) is 6. The zero-order valence-corrected chi connectivity index (χ0v) is 29.4. The van der Waals surface area contributed by atoms with Crippen LogP contribution in [-0.2, 0) is 19.7 Å². The molecule has 1 fully saturated rings. The van der Waals surface area contributed by atoms with E-state index in [1.807, 2.05) is 47.4 Å². The molecule has 10 nitrogen and oxygen atoms in total. The van der Waals surface area contributed by atoms with Gasteiger partial charge in [0, 0.05) is 37.0 Å². The number of ether oxygens (including phenoxy) is 1. The van der Waals surface area contributed by atoms with Crippen LogP contribution in [0.25, 0.3) is 5.57 Å². The summed E-state index contributed by atoms with van der Waals surface area (Å²) in [5.41, 5.74) is 2.35. The summed E-state index contributed by atoms with van der Waals surface area (Å²) in [5.74, 6) is -1.33. The lowest BCUT2D eigenvalue weighted by Crippen LogP contribution is -2.59. The Morgan fingerprint density at radius 1 is 0.918 bits per heavy atom. The van der Waals surface area contributed by atoms with E-state index >= 15 is 0 Å². The number of likely N-dealkylation sites (tertiary alicyclic amines) is 1. The van der Waals surface area contributed by atoms with Crippen LogP contribution in [0.4, 0.5) is 4.79 Å². The Morgan fingerprint density at radius 3 is 2.12 bits per heavy atom. The van der Waals surface area contributed by atoms with E-state index in [-0.39, 0.29) is 35.4 Å². The minimum atomic E-state index is -1.15. The predicted molar refractivity (Wildman–Crippen MR) is 187 cm³/mol. The number of aliphatic hydroxyl groups excluding tert-OH is 1. The molecular weight excluding hydrogens is 622 g/mol. The summed E-state index contributed by atoms with van der Waals surface area (Å²) in [6.07, 6.45) is 5.19. The highest BCUT2D eigenvalue weighted by Crippen LogP contribution is 2.55. The monoisotopic (exact) mass is 671 g/mol. The van der Waals surface area contributed by atoms with Crippen molar-refractivity contribution in [3.05, 3.63) is 89.0 Å². The van der Waals surface area contributed by atoms with E-state index in [1.54, 1.807) is 37.8 Å². The number of nitrogens with one attached hydrogen (secondary N) is 1. The van der Waals surface area contributed by atoms with E-state index in [0.717, 1.165) is 23.1 Å². The second-order valence-corrected chi connectivity index (χ2v) is 15.3. The molecule has 49 heavy (non-hydrogen) atoms. The second kappa shape index (κ2) is 13.5. The van der Waals surface area contributed by atoms with Gasteiger partial charge in [0.25, 0.3) is 0 Å². The van der Waals surface area contributed by atoms with Crippen molar-refractivity contribution in [1.29, 1.82) is 0 Å². The zero-order chi connectivity index (χ0) is 35.8. The van der Waals surface area contributed by atoms with Gasteiger partial charge in [-0.05, 0) is 68.9 Å². The number of carboxylic acids is 1. The van der Waals surface area contributed by atoms with Gasteiger partial charge in [-0.3, -0.25) is 9.59 Å². The summed E-state index contributed by atoms with van der Waals surface area (Å²) in [6, 6.07) is 15.6. The highest BCUT2D eigenvalue weighted by molar-refractivity contribution is 5.91. The summed E-state index contributed by atoms with van der Waals surface area (Å²) in [7, 11) is 0. The number of carboxylic acid groups (broad SMARTS) is 1. The molecule has 2 aliphatic heterocycles. The average molecular weight is 672 g/mol. The molecule has 2 atom stereocenters. The van der Waals surface area contributed by atoms with Gasteiger partial charge in [-0.15, -0.1) is 0 Å². The first-order valence-corrected chi connectivity index (χ1v) is 17.0. The number of amides is 3. The van der Waals surface area contributed by atoms with Gasteiger partial charge < -0.3 is 30.1 Å². The lowest BCUT2D eigenvalue weighted by Gasteiger charge is -2.52. The second-order valence-electron chi connectivity index (χ2n) is 15.3. The minimum Gasteiger partial charge on any atom is -0.478 e. The van der Waals surface area contributed by atoms with Gasteiger partial charge in [0.05, 0.1) is 17.6 Å². The Bertz CT molecular complexity index is 1650. The van der Waals surface area contributed by atoms with Gasteiger partial charge in [-0.2, -0.15) is 0 Å². The number of aromatic carboxylic acids is 1. The summed E-state index contributed by atoms with van der Waals surface area (Å²) < 4.78 is 5.29. The molecule has 0 saturated carbocycles. The van der Waals surface area contributed by atoms with Crippen LogP contribution in [0, 0.1) is 10.8 Å². The third-order valence-corrected chi connectivity index (χ3v) is 10.4. The number of allylic oxidation sites excluding steroid dienone is 2. The zero-order valence-electron chi connectivity index (χ0n) is 29.4. The van der Waals surface area contributed by atoms with Gasteiger partial charge >= 0.3 is 12.1 Å². The van der Waals surface area contributed by atoms with E-state index in [9.17, 15) is 29.4 Å². The maximum atomic E-state index is 14.8. The molecule has 3 aliphatic rings. The summed E-state index contributed by atoms with van der Waals surface area (Å²) in [4.78, 5) is 55.6. The number of nitrogens with zero attached hydrogens (tertiary/aromatic N) is 2. The molecule has 0 aromatic heterocycles. The Kier molecular flexibility index (Phi) is 9.85. The highest BCUT2D eigenvalue weighted by atomic mass is 16.6. The molecule has 0 unspecified atom stereocenters. The van der Waals surface area contributed by atoms with Crippen molar-refractivity contribution >= 4 is 29.5 Å². The molecule has 10 heteroatoms. The van der Waals surface area contributed by atoms with Gasteiger partial charge in [0.15, 0.2) is 0 Å². The molecule has 2 aromatic rings. The topological polar surface area (TPSA) is 136 Å². The van der Waals surface area contributed by atoms with Crippen molar-refractivity contribution in [2.24, 2.45) is 10.8 Å². The molecule has 2 heterocycles. The molecule has 0 bridgehead atoms. The Labute approximate surface area is 288 Å². The fourth-order valence-corrected chi connectivity index (χ4v) is 8.01. The van der Waals surface area contributed by atoms with Crippen molar-refractivity contribution in [1.82, 2.24) is 15.1 Å². The number of rotatable bonds is 7. The molecule has 5 rings (SSSR count). The lowest BCUT2D eigenvalue weighted by atomic mass is 9.58. The lowest BCUT2D eigenvalue weighted by molar-refractivity contribution is -0.145. The Balaban J connectivity index is 1.35. The van der Waals surface area contributed by atoms with Crippen molar-refractivity contribution in [2.45, 2.75) is 77.9 Å². The Morgan fingerprint density at radius 2 is 1.55 bits per heavy atom. The fraction of sp³-hybridized carbons (Fsp3) is 0.487. The number of benzene rings is 2. The summed E-state index contributed by atoms with van der Waals surface area (Å²) in [5, 5.41) is 21.8. The van der Waals surface area contributed by atoms with Crippen molar-refractivity contribution in [3.63, 3.8) is 0 Å². The summed E-state index contributed by atoms with van der Waals surface area (Å²) in [6.45, 7) is 12.8. The van der Waals surface area contributed by atoms with Crippen LogP contribution in [-0.4, -0.2) is 88.3 Å². The average Bonchev–Trinajstić information content (AvgIpc) is 3.05. The van der Waals surface area contributed by atoms with Crippen LogP contribution in [0.5, 0.6) is 0 Å². The molecule has 3 N–H and O–H groups in total. The molecule has 262 valence electrons. The number of carbonyl (C=O) groups excluding carboxylic acids is 3. The van der Waals surface area contributed by atoms with Crippen molar-refractivity contribution in [3.8, 4) is 0 Å². The van der Waals surface area contributed by atoms with Crippen LogP contribution in [0.3, 0.4) is 0 Å². The Hall–Kier alpha value is -4.44. The number of piperidine rings is 1. The fourth-order valence-electron chi connectivity index (χ4n) is 8.01. The molecule has 1 aliphatic carbocycles. The molecule has 0 spiro atoms. The molecule has 1 saturated heterocycles.